The summed E-state index contributed by atoms with van der Waals surface area (Å²) >= 11 is 3.55. The molecule has 100 valence electrons. The Bertz CT molecular complexity index is 365. The van der Waals surface area contributed by atoms with Gasteiger partial charge in [-0.05, 0) is 55.3 Å². The molecule has 0 aromatic heterocycles. The molecule has 3 heteroatoms. The Hall–Kier alpha value is -0.380. The van der Waals surface area contributed by atoms with Gasteiger partial charge in [0, 0.05) is 18.1 Å². The van der Waals surface area contributed by atoms with Crippen LogP contribution in [0.2, 0.25) is 0 Å². The summed E-state index contributed by atoms with van der Waals surface area (Å²) in [6, 6.07) is 8.69. The van der Waals surface area contributed by atoms with Crippen LogP contribution in [0.5, 0.6) is 0 Å². The summed E-state index contributed by atoms with van der Waals surface area (Å²) < 4.78 is 6.25. The molecule has 1 saturated carbocycles. The molecule has 0 radical (unpaired) electrons. The van der Waals surface area contributed by atoms with Gasteiger partial charge >= 0.3 is 0 Å². The van der Waals surface area contributed by atoms with Crippen LogP contribution in [0, 0.1) is 11.8 Å². The molecule has 1 N–H and O–H groups in total. The summed E-state index contributed by atoms with van der Waals surface area (Å²) in [5, 5.41) is 3.51. The zero-order chi connectivity index (χ0) is 12.8. The number of nitrogens with one attached hydrogen (secondary N) is 1. The minimum Gasteiger partial charge on any atom is -0.383 e. The van der Waals surface area contributed by atoms with Gasteiger partial charge in [-0.2, -0.15) is 0 Å². The first-order valence-corrected chi connectivity index (χ1v) is 7.53. The molecule has 2 rings (SSSR count). The molecule has 0 spiro atoms. The van der Waals surface area contributed by atoms with E-state index >= 15 is 0 Å². The largest absolute Gasteiger partial charge is 0.383 e. The van der Waals surface area contributed by atoms with Crippen LogP contribution in [-0.4, -0.2) is 26.8 Å². The van der Waals surface area contributed by atoms with Crippen molar-refractivity contribution in [1.82, 2.24) is 5.32 Å². The zero-order valence-corrected chi connectivity index (χ0v) is 12.6. The lowest BCUT2D eigenvalue weighted by molar-refractivity contribution is 0.197. The Labute approximate surface area is 118 Å². The number of hydrogen-bond donors (Lipinski definition) is 1. The molecule has 0 amide bonds. The standard InChI is InChI=1S/C15H22BrNO/c1-18-8-7-17-11-14(13-5-6-13)9-12-3-2-4-15(16)10-12/h2-4,10,13-14,17H,5-9,11H2,1H3. The predicted molar refractivity (Wildman–Crippen MR) is 78.8 cm³/mol. The Morgan fingerprint density at radius 1 is 1.44 bits per heavy atom. The van der Waals surface area contributed by atoms with E-state index in [0.717, 1.165) is 31.5 Å². The van der Waals surface area contributed by atoms with Crippen molar-refractivity contribution in [3.8, 4) is 0 Å². The first-order chi connectivity index (χ1) is 8.79. The molecule has 0 heterocycles. The number of hydrogen-bond acceptors (Lipinski definition) is 2. The van der Waals surface area contributed by atoms with E-state index in [1.807, 2.05) is 0 Å². The predicted octanol–water partition coefficient (Wildman–Crippen LogP) is 3.25. The molecule has 1 aromatic rings. The van der Waals surface area contributed by atoms with Crippen LogP contribution in [0.1, 0.15) is 18.4 Å². The van der Waals surface area contributed by atoms with Crippen LogP contribution in [-0.2, 0) is 11.2 Å². The highest BCUT2D eigenvalue weighted by molar-refractivity contribution is 9.10. The fourth-order valence-electron chi connectivity index (χ4n) is 2.40. The number of ether oxygens (including phenoxy) is 1. The van der Waals surface area contributed by atoms with Crippen molar-refractivity contribution in [3.63, 3.8) is 0 Å². The van der Waals surface area contributed by atoms with Crippen LogP contribution in [0.15, 0.2) is 28.7 Å². The van der Waals surface area contributed by atoms with Crippen molar-refractivity contribution in [2.75, 3.05) is 26.8 Å². The van der Waals surface area contributed by atoms with Gasteiger partial charge < -0.3 is 10.1 Å². The lowest BCUT2D eigenvalue weighted by atomic mass is 9.95. The van der Waals surface area contributed by atoms with E-state index in [4.69, 9.17) is 4.74 Å². The summed E-state index contributed by atoms with van der Waals surface area (Å²) in [7, 11) is 1.75. The topological polar surface area (TPSA) is 21.3 Å². The van der Waals surface area contributed by atoms with E-state index in [1.165, 1.54) is 29.3 Å². The smallest absolute Gasteiger partial charge is 0.0587 e. The van der Waals surface area contributed by atoms with Gasteiger partial charge in [0.15, 0.2) is 0 Å². The van der Waals surface area contributed by atoms with Gasteiger partial charge in [-0.25, -0.2) is 0 Å². The second kappa shape index (κ2) is 7.27. The van der Waals surface area contributed by atoms with Crippen LogP contribution >= 0.6 is 15.9 Å². The van der Waals surface area contributed by atoms with Crippen LogP contribution in [0.4, 0.5) is 0 Å². The third kappa shape index (κ3) is 4.71. The zero-order valence-electron chi connectivity index (χ0n) is 11.0. The lowest BCUT2D eigenvalue weighted by Gasteiger charge is -2.17. The van der Waals surface area contributed by atoms with Crippen molar-refractivity contribution < 1.29 is 4.74 Å². The van der Waals surface area contributed by atoms with Gasteiger partial charge in [-0.1, -0.05) is 28.1 Å². The second-order valence-electron chi connectivity index (χ2n) is 5.13. The third-order valence-corrected chi connectivity index (χ3v) is 4.06. The SMILES string of the molecule is COCCNCC(Cc1cccc(Br)c1)C1CC1. The van der Waals surface area contributed by atoms with Crippen molar-refractivity contribution >= 4 is 15.9 Å². The highest BCUT2D eigenvalue weighted by Gasteiger charge is 2.30. The molecule has 1 aliphatic rings. The van der Waals surface area contributed by atoms with Crippen molar-refractivity contribution in [3.05, 3.63) is 34.3 Å². The number of rotatable bonds is 8. The summed E-state index contributed by atoms with van der Waals surface area (Å²) in [6.07, 6.45) is 4.00. The van der Waals surface area contributed by atoms with Crippen LogP contribution in [0.3, 0.4) is 0 Å². The quantitative estimate of drug-likeness (QED) is 0.744. The van der Waals surface area contributed by atoms with E-state index in [1.54, 1.807) is 7.11 Å². The molecular formula is C15H22BrNO. The monoisotopic (exact) mass is 311 g/mol. The maximum Gasteiger partial charge on any atom is 0.0587 e. The minimum atomic E-state index is 0.774. The maximum atomic E-state index is 5.07. The van der Waals surface area contributed by atoms with E-state index in [9.17, 15) is 0 Å². The first-order valence-electron chi connectivity index (χ1n) is 6.73. The molecule has 0 aliphatic heterocycles. The Morgan fingerprint density at radius 2 is 2.28 bits per heavy atom. The summed E-state index contributed by atoms with van der Waals surface area (Å²) in [5.74, 6) is 1.70. The van der Waals surface area contributed by atoms with Crippen molar-refractivity contribution in [2.45, 2.75) is 19.3 Å². The average molecular weight is 312 g/mol. The molecule has 1 aromatic carbocycles. The first kappa shape index (κ1) is 14.0. The third-order valence-electron chi connectivity index (χ3n) is 3.57. The molecule has 0 bridgehead atoms. The summed E-state index contributed by atoms with van der Waals surface area (Å²) in [5.41, 5.74) is 1.44. The molecule has 1 aliphatic carbocycles. The molecule has 0 saturated heterocycles. The lowest BCUT2D eigenvalue weighted by Crippen LogP contribution is -2.28. The van der Waals surface area contributed by atoms with Gasteiger partial charge in [-0.3, -0.25) is 0 Å². The number of benzene rings is 1. The number of methoxy groups -OCH3 is 1. The number of halogens is 1. The molecule has 18 heavy (non-hydrogen) atoms. The van der Waals surface area contributed by atoms with Gasteiger partial charge in [-0.15, -0.1) is 0 Å². The van der Waals surface area contributed by atoms with Gasteiger partial charge in [0.2, 0.25) is 0 Å². The second-order valence-corrected chi connectivity index (χ2v) is 6.04. The minimum absolute atomic E-state index is 0.774. The van der Waals surface area contributed by atoms with E-state index < -0.39 is 0 Å². The fourth-order valence-corrected chi connectivity index (χ4v) is 2.85. The Kier molecular flexibility index (Phi) is 5.67. The van der Waals surface area contributed by atoms with Crippen molar-refractivity contribution in [1.29, 1.82) is 0 Å². The molecule has 1 fully saturated rings. The molecule has 1 atom stereocenters. The van der Waals surface area contributed by atoms with Gasteiger partial charge in [0.25, 0.3) is 0 Å². The Balaban J connectivity index is 1.82. The summed E-state index contributed by atoms with van der Waals surface area (Å²) in [4.78, 5) is 0. The Morgan fingerprint density at radius 3 is 2.94 bits per heavy atom. The highest BCUT2D eigenvalue weighted by Crippen LogP contribution is 2.38. The average Bonchev–Trinajstić information content (AvgIpc) is 3.17. The highest BCUT2D eigenvalue weighted by atomic mass is 79.9. The van der Waals surface area contributed by atoms with Crippen LogP contribution in [0.25, 0.3) is 0 Å². The summed E-state index contributed by atoms with van der Waals surface area (Å²) in [6.45, 7) is 2.87. The van der Waals surface area contributed by atoms with E-state index in [-0.39, 0.29) is 0 Å². The fraction of sp³-hybridized carbons (Fsp3) is 0.600. The van der Waals surface area contributed by atoms with Gasteiger partial charge in [0.05, 0.1) is 6.61 Å². The molecule has 1 unspecified atom stereocenters. The van der Waals surface area contributed by atoms with Crippen LogP contribution < -0.4 is 5.32 Å². The molecular weight excluding hydrogens is 290 g/mol. The van der Waals surface area contributed by atoms with Gasteiger partial charge in [0.1, 0.15) is 0 Å². The van der Waals surface area contributed by atoms with E-state index in [2.05, 4.69) is 45.5 Å². The maximum absolute atomic E-state index is 5.07. The normalized spacial score (nSPS) is 16.8. The van der Waals surface area contributed by atoms with E-state index in [0.29, 0.717) is 0 Å². The molecule has 2 nitrogen and oxygen atoms in total. The van der Waals surface area contributed by atoms with Crippen molar-refractivity contribution in [2.24, 2.45) is 11.8 Å².